The summed E-state index contributed by atoms with van der Waals surface area (Å²) in [4.78, 5) is 0.0218. The second-order valence-electron chi connectivity index (χ2n) is 4.98. The summed E-state index contributed by atoms with van der Waals surface area (Å²) in [5.41, 5.74) is 5.98. The van der Waals surface area contributed by atoms with Crippen LogP contribution in [0.3, 0.4) is 0 Å². The third-order valence-corrected chi connectivity index (χ3v) is 5.30. The fraction of sp³-hybridized carbons (Fsp3) is 0.538. The Balaban J connectivity index is 2.88. The lowest BCUT2D eigenvalue weighted by Crippen LogP contribution is -2.25. The van der Waals surface area contributed by atoms with E-state index in [1.807, 2.05) is 0 Å². The lowest BCUT2D eigenvalue weighted by Gasteiger charge is -2.12. The molecule has 0 saturated carbocycles. The Hall–Kier alpha value is -0.330. The monoisotopic (exact) mass is 338 g/mol. The number of nitrogens with two attached hydrogens (primary N) is 1. The highest BCUT2D eigenvalue weighted by Crippen LogP contribution is 2.30. The van der Waals surface area contributed by atoms with Gasteiger partial charge in [-0.25, -0.2) is 13.1 Å². The van der Waals surface area contributed by atoms with Crippen molar-refractivity contribution in [2.24, 2.45) is 11.7 Å². The first-order valence-corrected chi connectivity index (χ1v) is 8.70. The van der Waals surface area contributed by atoms with Gasteiger partial charge in [-0.1, -0.05) is 37.0 Å². The first kappa shape index (κ1) is 17.7. The van der Waals surface area contributed by atoms with Crippen molar-refractivity contribution in [3.63, 3.8) is 0 Å². The molecule has 0 amide bonds. The highest BCUT2D eigenvalue weighted by molar-refractivity contribution is 7.89. The van der Waals surface area contributed by atoms with Gasteiger partial charge in [0.1, 0.15) is 4.90 Å². The van der Waals surface area contributed by atoms with Gasteiger partial charge in [0.05, 0.1) is 5.02 Å². The molecule has 1 rings (SSSR count). The van der Waals surface area contributed by atoms with E-state index in [1.54, 1.807) is 0 Å². The number of rotatable bonds is 7. The molecule has 0 aliphatic rings. The highest BCUT2D eigenvalue weighted by Gasteiger charge is 2.20. The van der Waals surface area contributed by atoms with Crippen LogP contribution in [0.25, 0.3) is 0 Å². The van der Waals surface area contributed by atoms with Crippen molar-refractivity contribution in [1.82, 2.24) is 4.72 Å². The summed E-state index contributed by atoms with van der Waals surface area (Å²) >= 11 is 12.0. The molecule has 3 N–H and O–H groups in total. The van der Waals surface area contributed by atoms with Crippen LogP contribution in [0.4, 0.5) is 0 Å². The maximum atomic E-state index is 12.2. The molecular formula is C13H20Cl2N2O2S. The maximum absolute atomic E-state index is 12.2. The zero-order valence-corrected chi connectivity index (χ0v) is 13.9. The third kappa shape index (κ3) is 4.60. The Bertz CT molecular complexity index is 560. The van der Waals surface area contributed by atoms with Gasteiger partial charge in [0.15, 0.2) is 0 Å². The van der Waals surface area contributed by atoms with Gasteiger partial charge in [-0.3, -0.25) is 0 Å². The topological polar surface area (TPSA) is 72.2 Å². The molecule has 4 nitrogen and oxygen atoms in total. The largest absolute Gasteiger partial charge is 0.326 e. The normalized spacial score (nSPS) is 12.1. The molecule has 0 atom stereocenters. The van der Waals surface area contributed by atoms with E-state index in [0.717, 1.165) is 12.8 Å². The van der Waals surface area contributed by atoms with Crippen molar-refractivity contribution < 1.29 is 8.42 Å². The molecule has 0 fully saturated rings. The Morgan fingerprint density at radius 1 is 1.30 bits per heavy atom. The molecule has 114 valence electrons. The van der Waals surface area contributed by atoms with E-state index in [2.05, 4.69) is 18.6 Å². The maximum Gasteiger partial charge on any atom is 0.242 e. The standard InChI is InChI=1S/C13H20Cl2N2O2S/c1-9(2)4-3-7-17-20(18,19)12-6-5-11(14)10(8-16)13(12)15/h5-6,9,17H,3-4,7-8,16H2,1-2H3. The Kier molecular flexibility index (Phi) is 6.75. The highest BCUT2D eigenvalue weighted by atomic mass is 35.5. The summed E-state index contributed by atoms with van der Waals surface area (Å²) in [6, 6.07) is 2.90. The van der Waals surface area contributed by atoms with Crippen LogP contribution in [0.15, 0.2) is 17.0 Å². The fourth-order valence-corrected chi connectivity index (χ4v) is 3.77. The van der Waals surface area contributed by atoms with Crippen molar-refractivity contribution in [3.8, 4) is 0 Å². The van der Waals surface area contributed by atoms with E-state index in [9.17, 15) is 8.42 Å². The van der Waals surface area contributed by atoms with Crippen LogP contribution in [0.5, 0.6) is 0 Å². The van der Waals surface area contributed by atoms with Gasteiger partial charge >= 0.3 is 0 Å². The summed E-state index contributed by atoms with van der Waals surface area (Å²) < 4.78 is 26.9. The van der Waals surface area contributed by atoms with Gasteiger partial charge in [0, 0.05) is 23.7 Å². The molecule has 0 radical (unpaired) electrons. The van der Waals surface area contributed by atoms with E-state index in [1.165, 1.54) is 12.1 Å². The Morgan fingerprint density at radius 2 is 1.95 bits per heavy atom. The van der Waals surface area contributed by atoms with E-state index >= 15 is 0 Å². The minimum absolute atomic E-state index is 0.0218. The van der Waals surface area contributed by atoms with E-state index < -0.39 is 10.0 Å². The van der Waals surface area contributed by atoms with Crippen LogP contribution < -0.4 is 10.5 Å². The molecule has 0 aromatic heterocycles. The molecule has 20 heavy (non-hydrogen) atoms. The molecule has 7 heteroatoms. The minimum atomic E-state index is -3.63. The van der Waals surface area contributed by atoms with Crippen LogP contribution in [-0.4, -0.2) is 15.0 Å². The summed E-state index contributed by atoms with van der Waals surface area (Å²) in [5.74, 6) is 0.544. The third-order valence-electron chi connectivity index (χ3n) is 2.89. The van der Waals surface area contributed by atoms with Gasteiger partial charge in [0.25, 0.3) is 0 Å². The molecule has 0 saturated heterocycles. The van der Waals surface area contributed by atoms with Gasteiger partial charge in [-0.2, -0.15) is 0 Å². The van der Waals surface area contributed by atoms with Crippen LogP contribution in [-0.2, 0) is 16.6 Å². The second-order valence-corrected chi connectivity index (χ2v) is 7.50. The molecule has 0 spiro atoms. The number of nitrogens with one attached hydrogen (secondary N) is 1. The van der Waals surface area contributed by atoms with Crippen LogP contribution in [0.1, 0.15) is 32.3 Å². The summed E-state index contributed by atoms with van der Waals surface area (Å²) in [6.45, 7) is 4.67. The smallest absolute Gasteiger partial charge is 0.242 e. The summed E-state index contributed by atoms with van der Waals surface area (Å²) in [7, 11) is -3.63. The minimum Gasteiger partial charge on any atom is -0.326 e. The molecule has 1 aromatic rings. The lowest BCUT2D eigenvalue weighted by molar-refractivity contribution is 0.540. The number of hydrogen-bond donors (Lipinski definition) is 2. The quantitative estimate of drug-likeness (QED) is 0.750. The van der Waals surface area contributed by atoms with Crippen molar-refractivity contribution in [1.29, 1.82) is 0 Å². The van der Waals surface area contributed by atoms with E-state index in [-0.39, 0.29) is 16.5 Å². The summed E-state index contributed by atoms with van der Waals surface area (Å²) in [6.07, 6.45) is 1.75. The first-order valence-electron chi connectivity index (χ1n) is 6.46. The number of sulfonamides is 1. The molecule has 0 aliphatic heterocycles. The van der Waals surface area contributed by atoms with Gasteiger partial charge in [0.2, 0.25) is 10.0 Å². The van der Waals surface area contributed by atoms with Crippen LogP contribution in [0.2, 0.25) is 10.0 Å². The molecule has 0 aliphatic carbocycles. The van der Waals surface area contributed by atoms with Gasteiger partial charge < -0.3 is 5.73 Å². The predicted octanol–water partition coefficient (Wildman–Crippen LogP) is 3.17. The van der Waals surface area contributed by atoms with Gasteiger partial charge in [-0.05, 0) is 30.9 Å². The van der Waals surface area contributed by atoms with Crippen molar-refractivity contribution >= 4 is 33.2 Å². The number of hydrogen-bond acceptors (Lipinski definition) is 3. The second kappa shape index (κ2) is 7.61. The van der Waals surface area contributed by atoms with Crippen molar-refractivity contribution in [3.05, 3.63) is 27.7 Å². The SMILES string of the molecule is CC(C)CCCNS(=O)(=O)c1ccc(Cl)c(CN)c1Cl. The molecule has 0 unspecified atom stereocenters. The van der Waals surface area contributed by atoms with Crippen molar-refractivity contribution in [2.45, 2.75) is 38.1 Å². The van der Waals surface area contributed by atoms with Crippen LogP contribution >= 0.6 is 23.2 Å². The predicted molar refractivity (Wildman–Crippen MR) is 83.6 cm³/mol. The average Bonchev–Trinajstić information content (AvgIpc) is 2.34. The number of halogens is 2. The molecule has 1 aromatic carbocycles. The molecular weight excluding hydrogens is 319 g/mol. The fourth-order valence-electron chi connectivity index (χ4n) is 1.77. The van der Waals surface area contributed by atoms with E-state index in [0.29, 0.717) is 23.0 Å². The number of benzene rings is 1. The summed E-state index contributed by atoms with van der Waals surface area (Å²) in [5, 5.41) is 0.465. The Labute approximate surface area is 130 Å². The van der Waals surface area contributed by atoms with E-state index in [4.69, 9.17) is 28.9 Å². The van der Waals surface area contributed by atoms with Crippen molar-refractivity contribution in [2.75, 3.05) is 6.54 Å². The molecule has 0 bridgehead atoms. The Morgan fingerprint density at radius 3 is 2.50 bits per heavy atom. The average molecular weight is 339 g/mol. The first-order chi connectivity index (χ1) is 9.29. The zero-order valence-electron chi connectivity index (χ0n) is 11.6. The molecule has 0 heterocycles. The zero-order chi connectivity index (χ0) is 15.3. The van der Waals surface area contributed by atoms with Crippen LogP contribution in [0, 0.1) is 5.92 Å². The van der Waals surface area contributed by atoms with Gasteiger partial charge in [-0.15, -0.1) is 0 Å². The lowest BCUT2D eigenvalue weighted by atomic mass is 10.1.